The van der Waals surface area contributed by atoms with E-state index in [0.29, 0.717) is 0 Å². The Labute approximate surface area is 39.7 Å². The first-order valence-corrected chi connectivity index (χ1v) is 2.63. The summed E-state index contributed by atoms with van der Waals surface area (Å²) in [5.74, 6) is 0. The molecule has 1 fully saturated rings. The highest BCUT2D eigenvalue weighted by Crippen LogP contribution is 1.88. The molecular formula is C5H13N. The smallest absolute Gasteiger partial charge is 0.0164 e. The highest BCUT2D eigenvalue weighted by Gasteiger charge is 2.10. The van der Waals surface area contributed by atoms with Gasteiger partial charge in [0, 0.05) is 12.6 Å². The van der Waals surface area contributed by atoms with Crippen LogP contribution in [0.2, 0.25) is 0 Å². The summed E-state index contributed by atoms with van der Waals surface area (Å²) in [5, 5.41) is 3.10. The van der Waals surface area contributed by atoms with Crippen molar-refractivity contribution >= 4 is 0 Å². The van der Waals surface area contributed by atoms with E-state index >= 15 is 0 Å². The van der Waals surface area contributed by atoms with Crippen molar-refractivity contribution < 1.29 is 0 Å². The molecule has 0 aromatic rings. The minimum absolute atomic E-state index is 0.833. The van der Waals surface area contributed by atoms with Crippen molar-refractivity contribution in [3.05, 3.63) is 0 Å². The summed E-state index contributed by atoms with van der Waals surface area (Å²) in [5.41, 5.74) is 0. The van der Waals surface area contributed by atoms with Crippen LogP contribution in [0.25, 0.3) is 0 Å². The molecule has 0 radical (unpaired) electrons. The van der Waals surface area contributed by atoms with Crippen LogP contribution in [0.5, 0.6) is 0 Å². The first kappa shape index (κ1) is 5.96. The molecule has 0 aliphatic carbocycles. The van der Waals surface area contributed by atoms with Gasteiger partial charge in [0.05, 0.1) is 0 Å². The number of rotatable bonds is 0. The molecule has 1 unspecified atom stereocenters. The molecule has 0 spiro atoms. The van der Waals surface area contributed by atoms with Crippen LogP contribution >= 0.6 is 0 Å². The second kappa shape index (κ2) is 3.16. The van der Waals surface area contributed by atoms with Gasteiger partial charge < -0.3 is 5.32 Å². The maximum atomic E-state index is 3.10. The zero-order chi connectivity index (χ0) is 4.99. The van der Waals surface area contributed by atoms with Gasteiger partial charge in [0.15, 0.2) is 0 Å². The van der Waals surface area contributed by atoms with Crippen molar-refractivity contribution in [2.24, 2.45) is 0 Å². The Kier molecular flexibility index (Phi) is 3.14. The molecular weight excluding hydrogens is 74.1 g/mol. The SMILES string of the molecule is CC.CC1CN1. The lowest BCUT2D eigenvalue weighted by atomic mass is 10.6. The Morgan fingerprint density at radius 1 is 1.50 bits per heavy atom. The van der Waals surface area contributed by atoms with Crippen LogP contribution in [-0.2, 0) is 0 Å². The lowest BCUT2D eigenvalue weighted by molar-refractivity contribution is 1.09. The first-order chi connectivity index (χ1) is 2.89. The molecule has 1 aliphatic heterocycles. The predicted molar refractivity (Wildman–Crippen MR) is 28.8 cm³/mol. The molecule has 1 aliphatic rings. The molecule has 1 saturated heterocycles. The third-order valence-electron chi connectivity index (χ3n) is 0.612. The fraction of sp³-hybridized carbons (Fsp3) is 1.00. The van der Waals surface area contributed by atoms with Crippen LogP contribution in [0, 0.1) is 0 Å². The van der Waals surface area contributed by atoms with Crippen LogP contribution in [0.3, 0.4) is 0 Å². The highest BCUT2D eigenvalue weighted by atomic mass is 15.1. The normalized spacial score (nSPS) is 27.5. The number of nitrogens with one attached hydrogen (secondary N) is 1. The van der Waals surface area contributed by atoms with E-state index in [2.05, 4.69) is 12.2 Å². The van der Waals surface area contributed by atoms with Crippen LogP contribution in [-0.4, -0.2) is 12.6 Å². The fourth-order valence-corrected chi connectivity index (χ4v) is 0.118. The van der Waals surface area contributed by atoms with Crippen molar-refractivity contribution in [2.45, 2.75) is 26.8 Å². The molecule has 0 bridgehead atoms. The largest absolute Gasteiger partial charge is 0.311 e. The summed E-state index contributed by atoms with van der Waals surface area (Å²) in [6.07, 6.45) is 0. The van der Waals surface area contributed by atoms with Crippen molar-refractivity contribution in [2.75, 3.05) is 6.54 Å². The van der Waals surface area contributed by atoms with Gasteiger partial charge in [-0.3, -0.25) is 0 Å². The summed E-state index contributed by atoms with van der Waals surface area (Å²) in [6.45, 7) is 7.40. The van der Waals surface area contributed by atoms with Crippen molar-refractivity contribution in [1.29, 1.82) is 0 Å². The van der Waals surface area contributed by atoms with E-state index in [1.54, 1.807) is 0 Å². The Hall–Kier alpha value is -0.0400. The lowest BCUT2D eigenvalue weighted by Gasteiger charge is -1.53. The number of hydrogen-bond donors (Lipinski definition) is 1. The monoisotopic (exact) mass is 87.1 g/mol. The zero-order valence-electron chi connectivity index (χ0n) is 4.78. The average molecular weight is 87.2 g/mol. The topological polar surface area (TPSA) is 21.9 Å². The molecule has 1 N–H and O–H groups in total. The second-order valence-corrected chi connectivity index (χ2v) is 1.31. The molecule has 0 aromatic heterocycles. The van der Waals surface area contributed by atoms with E-state index in [4.69, 9.17) is 0 Å². The molecule has 1 heterocycles. The van der Waals surface area contributed by atoms with E-state index in [0.717, 1.165) is 6.04 Å². The molecule has 1 nitrogen and oxygen atoms in total. The van der Waals surface area contributed by atoms with E-state index in [9.17, 15) is 0 Å². The van der Waals surface area contributed by atoms with Gasteiger partial charge in [-0.2, -0.15) is 0 Å². The van der Waals surface area contributed by atoms with Crippen LogP contribution in [0.4, 0.5) is 0 Å². The van der Waals surface area contributed by atoms with Gasteiger partial charge >= 0.3 is 0 Å². The summed E-state index contributed by atoms with van der Waals surface area (Å²) >= 11 is 0. The maximum Gasteiger partial charge on any atom is 0.0164 e. The van der Waals surface area contributed by atoms with Gasteiger partial charge in [-0.1, -0.05) is 13.8 Å². The zero-order valence-corrected chi connectivity index (χ0v) is 4.78. The molecule has 0 aromatic carbocycles. The molecule has 1 atom stereocenters. The summed E-state index contributed by atoms with van der Waals surface area (Å²) in [6, 6.07) is 0.833. The third-order valence-corrected chi connectivity index (χ3v) is 0.612. The quantitative estimate of drug-likeness (QED) is 0.437. The van der Waals surface area contributed by atoms with Gasteiger partial charge in [-0.05, 0) is 6.92 Å². The predicted octanol–water partition coefficient (Wildman–Crippen LogP) is 1.00. The third kappa shape index (κ3) is 3.96. The first-order valence-electron chi connectivity index (χ1n) is 2.63. The van der Waals surface area contributed by atoms with Gasteiger partial charge in [0.25, 0.3) is 0 Å². The van der Waals surface area contributed by atoms with Crippen molar-refractivity contribution in [3.8, 4) is 0 Å². The minimum atomic E-state index is 0.833. The number of hydrogen-bond acceptors (Lipinski definition) is 1. The van der Waals surface area contributed by atoms with Gasteiger partial charge in [-0.25, -0.2) is 0 Å². The Balaban J connectivity index is 0.000000112. The average Bonchev–Trinajstić information content (AvgIpc) is 2.30. The molecule has 1 rings (SSSR count). The minimum Gasteiger partial charge on any atom is -0.311 e. The Morgan fingerprint density at radius 2 is 1.67 bits per heavy atom. The fourth-order valence-electron chi connectivity index (χ4n) is 0.118. The van der Waals surface area contributed by atoms with Gasteiger partial charge in [0.2, 0.25) is 0 Å². The van der Waals surface area contributed by atoms with E-state index in [-0.39, 0.29) is 0 Å². The molecule has 0 saturated carbocycles. The summed E-state index contributed by atoms with van der Waals surface area (Å²) in [4.78, 5) is 0. The molecule has 6 heavy (non-hydrogen) atoms. The summed E-state index contributed by atoms with van der Waals surface area (Å²) < 4.78 is 0. The van der Waals surface area contributed by atoms with E-state index < -0.39 is 0 Å². The van der Waals surface area contributed by atoms with Crippen molar-refractivity contribution in [3.63, 3.8) is 0 Å². The van der Waals surface area contributed by atoms with E-state index in [1.807, 2.05) is 13.8 Å². The van der Waals surface area contributed by atoms with Crippen LogP contribution in [0.15, 0.2) is 0 Å². The Bertz CT molecular complexity index is 23.1. The maximum absolute atomic E-state index is 3.10. The van der Waals surface area contributed by atoms with Crippen LogP contribution in [0.1, 0.15) is 20.8 Å². The summed E-state index contributed by atoms with van der Waals surface area (Å²) in [7, 11) is 0. The lowest BCUT2D eigenvalue weighted by Crippen LogP contribution is -1.72. The van der Waals surface area contributed by atoms with Crippen molar-refractivity contribution in [1.82, 2.24) is 5.32 Å². The van der Waals surface area contributed by atoms with Crippen LogP contribution < -0.4 is 5.32 Å². The van der Waals surface area contributed by atoms with E-state index in [1.165, 1.54) is 6.54 Å². The highest BCUT2D eigenvalue weighted by molar-refractivity contribution is 4.76. The Morgan fingerprint density at radius 3 is 1.67 bits per heavy atom. The molecule has 1 heteroatoms. The van der Waals surface area contributed by atoms with Gasteiger partial charge in [-0.15, -0.1) is 0 Å². The molecule has 0 amide bonds. The standard InChI is InChI=1S/C3H7N.C2H6/c1-3-2-4-3;1-2/h3-4H,2H2,1H3;1-2H3. The second-order valence-electron chi connectivity index (χ2n) is 1.31. The van der Waals surface area contributed by atoms with Gasteiger partial charge in [0.1, 0.15) is 0 Å². The molecule has 38 valence electrons.